The fourth-order valence-electron chi connectivity index (χ4n) is 2.38. The van der Waals surface area contributed by atoms with E-state index in [-0.39, 0.29) is 0 Å². The molecule has 0 saturated carbocycles. The van der Waals surface area contributed by atoms with Gasteiger partial charge < -0.3 is 5.32 Å². The van der Waals surface area contributed by atoms with Crippen LogP contribution in [0.1, 0.15) is 24.1 Å². The largest absolute Gasteiger partial charge is 0.317 e. The molecule has 1 aliphatic heterocycles. The zero-order chi connectivity index (χ0) is 12.1. The molecule has 4 heteroatoms. The van der Waals surface area contributed by atoms with Crippen LogP contribution in [0, 0.1) is 5.92 Å². The lowest BCUT2D eigenvalue weighted by Crippen LogP contribution is -2.31. The first-order chi connectivity index (χ1) is 8.29. The van der Waals surface area contributed by atoms with E-state index in [2.05, 4.69) is 51.5 Å². The van der Waals surface area contributed by atoms with Crippen LogP contribution in [0.2, 0.25) is 0 Å². The van der Waals surface area contributed by atoms with Gasteiger partial charge in [-0.15, -0.1) is 11.3 Å². The average molecular weight is 334 g/mol. The third-order valence-electron chi connectivity index (χ3n) is 3.49. The Morgan fingerprint density at radius 2 is 2.24 bits per heavy atom. The molecule has 0 amide bonds. The van der Waals surface area contributed by atoms with Gasteiger partial charge in [0, 0.05) is 15.4 Å². The summed E-state index contributed by atoms with van der Waals surface area (Å²) in [5, 5.41) is 5.66. The molecule has 1 N–H and O–H groups in total. The number of thiophene rings is 1. The minimum absolute atomic E-state index is 0.637. The molecule has 1 unspecified atom stereocenters. The normalized spacial score (nSPS) is 19.4. The lowest BCUT2D eigenvalue weighted by atomic mass is 9.92. The van der Waals surface area contributed by atoms with Crippen molar-refractivity contribution >= 4 is 39.0 Å². The molecular weight excluding hydrogens is 314 g/mol. The fourth-order valence-corrected chi connectivity index (χ4v) is 5.18. The van der Waals surface area contributed by atoms with E-state index in [0.29, 0.717) is 6.04 Å². The number of hydrogen-bond acceptors (Lipinski definition) is 3. The van der Waals surface area contributed by atoms with E-state index in [1.165, 1.54) is 46.5 Å². The van der Waals surface area contributed by atoms with Crippen LogP contribution in [-0.4, -0.2) is 24.6 Å². The molecule has 0 aromatic carbocycles. The lowest BCUT2D eigenvalue weighted by Gasteiger charge is -2.26. The molecule has 1 nitrogen and oxygen atoms in total. The van der Waals surface area contributed by atoms with Crippen LogP contribution in [0.3, 0.4) is 0 Å². The molecule has 1 fully saturated rings. The van der Waals surface area contributed by atoms with E-state index in [1.54, 1.807) is 0 Å². The first-order valence-electron chi connectivity index (χ1n) is 6.26. The van der Waals surface area contributed by atoms with Gasteiger partial charge in [0.15, 0.2) is 0 Å². The molecular formula is C13H20BrNS2. The maximum absolute atomic E-state index is 3.63. The molecule has 2 rings (SSSR count). The predicted molar refractivity (Wildman–Crippen MR) is 83.2 cm³/mol. The Morgan fingerprint density at radius 1 is 1.47 bits per heavy atom. The molecule has 1 saturated heterocycles. The third-order valence-corrected chi connectivity index (χ3v) is 6.49. The highest BCUT2D eigenvalue weighted by molar-refractivity contribution is 9.10. The summed E-state index contributed by atoms with van der Waals surface area (Å²) in [6.45, 7) is 0. The van der Waals surface area contributed by atoms with E-state index in [1.807, 2.05) is 11.3 Å². The van der Waals surface area contributed by atoms with Gasteiger partial charge in [-0.3, -0.25) is 0 Å². The van der Waals surface area contributed by atoms with Gasteiger partial charge in [-0.05, 0) is 77.5 Å². The summed E-state index contributed by atoms with van der Waals surface area (Å²) in [6, 6.07) is 2.79. The minimum Gasteiger partial charge on any atom is -0.317 e. The number of rotatable bonds is 5. The molecule has 1 aliphatic rings. The minimum atomic E-state index is 0.637. The number of hydrogen-bond donors (Lipinski definition) is 1. The van der Waals surface area contributed by atoms with Crippen molar-refractivity contribution in [1.82, 2.24) is 5.32 Å². The second kappa shape index (κ2) is 7.17. The molecule has 0 bridgehead atoms. The average Bonchev–Trinajstić information content (AvgIpc) is 2.75. The van der Waals surface area contributed by atoms with Gasteiger partial charge in [0.1, 0.15) is 0 Å². The summed E-state index contributed by atoms with van der Waals surface area (Å²) >= 11 is 7.61. The van der Waals surface area contributed by atoms with Gasteiger partial charge in [-0.25, -0.2) is 0 Å². The van der Waals surface area contributed by atoms with Crippen LogP contribution in [0.15, 0.2) is 15.9 Å². The Labute approximate surface area is 121 Å². The topological polar surface area (TPSA) is 12.0 Å². The molecule has 96 valence electrons. The highest BCUT2D eigenvalue weighted by atomic mass is 79.9. The first-order valence-corrected chi connectivity index (χ1v) is 9.09. The fraction of sp³-hybridized carbons (Fsp3) is 0.692. The number of halogens is 1. The molecule has 2 heterocycles. The zero-order valence-corrected chi connectivity index (χ0v) is 13.5. The smallest absolute Gasteiger partial charge is 0.0314 e. The van der Waals surface area contributed by atoms with E-state index in [9.17, 15) is 0 Å². The summed E-state index contributed by atoms with van der Waals surface area (Å²) in [4.78, 5) is 1.48. The summed E-state index contributed by atoms with van der Waals surface area (Å²) in [5.74, 6) is 3.67. The van der Waals surface area contributed by atoms with Crippen LogP contribution in [0.25, 0.3) is 0 Å². The summed E-state index contributed by atoms with van der Waals surface area (Å²) in [7, 11) is 2.10. The molecule has 0 aliphatic carbocycles. The SMILES string of the molecule is CNC(Cc1sccc1Br)CC1CCSCC1. The summed E-state index contributed by atoms with van der Waals surface area (Å²) < 4.78 is 1.28. The Morgan fingerprint density at radius 3 is 2.82 bits per heavy atom. The molecule has 1 aromatic heterocycles. The second-order valence-corrected chi connectivity index (χ2v) is 7.75. The maximum atomic E-state index is 3.63. The van der Waals surface area contributed by atoms with Crippen LogP contribution >= 0.6 is 39.0 Å². The van der Waals surface area contributed by atoms with Crippen LogP contribution in [-0.2, 0) is 6.42 Å². The van der Waals surface area contributed by atoms with Gasteiger partial charge in [0.2, 0.25) is 0 Å². The van der Waals surface area contributed by atoms with Gasteiger partial charge in [0.25, 0.3) is 0 Å². The van der Waals surface area contributed by atoms with Crippen molar-refractivity contribution < 1.29 is 0 Å². The van der Waals surface area contributed by atoms with Crippen LogP contribution < -0.4 is 5.32 Å². The number of likely N-dealkylation sites (N-methyl/N-ethyl adjacent to an activating group) is 1. The standard InChI is InChI=1S/C13H20BrNS2/c1-15-11(8-10-2-5-16-6-3-10)9-13-12(14)4-7-17-13/h4,7,10-11,15H,2-3,5-6,8-9H2,1H3. The monoisotopic (exact) mass is 333 g/mol. The second-order valence-electron chi connectivity index (χ2n) is 4.67. The van der Waals surface area contributed by atoms with Crippen LogP contribution in [0.4, 0.5) is 0 Å². The van der Waals surface area contributed by atoms with Gasteiger partial charge in [-0.1, -0.05) is 0 Å². The highest BCUT2D eigenvalue weighted by Crippen LogP contribution is 2.29. The van der Waals surface area contributed by atoms with E-state index in [4.69, 9.17) is 0 Å². The van der Waals surface area contributed by atoms with Crippen molar-refractivity contribution in [2.24, 2.45) is 5.92 Å². The van der Waals surface area contributed by atoms with Gasteiger partial charge in [-0.2, -0.15) is 11.8 Å². The van der Waals surface area contributed by atoms with E-state index < -0.39 is 0 Å². The van der Waals surface area contributed by atoms with E-state index >= 15 is 0 Å². The third kappa shape index (κ3) is 4.27. The van der Waals surface area contributed by atoms with Crippen molar-refractivity contribution in [2.45, 2.75) is 31.7 Å². The molecule has 1 aromatic rings. The van der Waals surface area contributed by atoms with E-state index in [0.717, 1.165) is 5.92 Å². The number of thioether (sulfide) groups is 1. The Kier molecular flexibility index (Phi) is 5.87. The summed E-state index contributed by atoms with van der Waals surface area (Å²) in [6.07, 6.45) is 5.32. The molecule has 1 atom stereocenters. The van der Waals surface area contributed by atoms with Crippen molar-refractivity contribution in [3.05, 3.63) is 20.8 Å². The van der Waals surface area contributed by atoms with Crippen molar-refractivity contribution in [3.63, 3.8) is 0 Å². The molecule has 0 radical (unpaired) electrons. The Hall–Kier alpha value is 0.490. The van der Waals surface area contributed by atoms with Gasteiger partial charge >= 0.3 is 0 Å². The van der Waals surface area contributed by atoms with Gasteiger partial charge in [0.05, 0.1) is 0 Å². The Balaban J connectivity index is 1.85. The lowest BCUT2D eigenvalue weighted by molar-refractivity contribution is 0.377. The quantitative estimate of drug-likeness (QED) is 0.867. The predicted octanol–water partition coefficient (Wildman–Crippen LogP) is 4.17. The number of nitrogens with one attached hydrogen (secondary N) is 1. The highest BCUT2D eigenvalue weighted by Gasteiger charge is 2.19. The van der Waals surface area contributed by atoms with Crippen molar-refractivity contribution in [1.29, 1.82) is 0 Å². The molecule has 17 heavy (non-hydrogen) atoms. The molecule has 0 spiro atoms. The van der Waals surface area contributed by atoms with Crippen molar-refractivity contribution in [2.75, 3.05) is 18.6 Å². The summed E-state index contributed by atoms with van der Waals surface area (Å²) in [5.41, 5.74) is 0. The maximum Gasteiger partial charge on any atom is 0.0314 e. The first kappa shape index (κ1) is 13.9. The van der Waals surface area contributed by atoms with Crippen molar-refractivity contribution in [3.8, 4) is 0 Å². The zero-order valence-electron chi connectivity index (χ0n) is 10.2. The van der Waals surface area contributed by atoms with Crippen LogP contribution in [0.5, 0.6) is 0 Å². The Bertz CT molecular complexity index is 334.